The second kappa shape index (κ2) is 9.24. The van der Waals surface area contributed by atoms with E-state index in [1.165, 1.54) is 18.7 Å². The highest BCUT2D eigenvalue weighted by Crippen LogP contribution is 2.19. The lowest BCUT2D eigenvalue weighted by molar-refractivity contribution is -0.144. The Morgan fingerprint density at radius 2 is 1.83 bits per heavy atom. The van der Waals surface area contributed by atoms with E-state index in [1.807, 2.05) is 42.6 Å². The smallest absolute Gasteiger partial charge is 0.328 e. The van der Waals surface area contributed by atoms with Crippen LogP contribution in [0.25, 0.3) is 17.0 Å². The summed E-state index contributed by atoms with van der Waals surface area (Å²) in [4.78, 5) is 27.8. The number of carbonyl (C=O) groups is 2. The Kier molecular flexibility index (Phi) is 6.50. The van der Waals surface area contributed by atoms with E-state index < -0.39 is 12.0 Å². The van der Waals surface area contributed by atoms with Crippen molar-refractivity contribution in [1.82, 2.24) is 10.3 Å². The van der Waals surface area contributed by atoms with E-state index in [2.05, 4.69) is 36.3 Å². The molecule has 0 aliphatic heterocycles. The van der Waals surface area contributed by atoms with Gasteiger partial charge in [0.25, 0.3) is 0 Å². The molecule has 0 saturated carbocycles. The topological polar surface area (TPSA) is 71.2 Å². The lowest BCUT2D eigenvalue weighted by Crippen LogP contribution is -2.42. The van der Waals surface area contributed by atoms with Gasteiger partial charge in [-0.3, -0.25) is 4.79 Å². The highest BCUT2D eigenvalue weighted by Gasteiger charge is 2.22. The number of aromatic nitrogens is 1. The van der Waals surface area contributed by atoms with Crippen molar-refractivity contribution in [3.05, 3.63) is 77.5 Å². The van der Waals surface area contributed by atoms with Gasteiger partial charge in [0.2, 0.25) is 5.91 Å². The van der Waals surface area contributed by atoms with E-state index in [1.54, 1.807) is 6.08 Å². The van der Waals surface area contributed by atoms with E-state index >= 15 is 0 Å². The molecular formula is C24H26N2O3. The van der Waals surface area contributed by atoms with Gasteiger partial charge in [-0.15, -0.1) is 0 Å². The molecule has 0 bridgehead atoms. The molecule has 5 heteroatoms. The fourth-order valence-electron chi connectivity index (χ4n) is 3.24. The molecular weight excluding hydrogens is 364 g/mol. The Balaban J connectivity index is 1.69. The zero-order chi connectivity index (χ0) is 20.8. The van der Waals surface area contributed by atoms with Gasteiger partial charge >= 0.3 is 5.97 Å². The number of hydrogen-bond acceptors (Lipinski definition) is 3. The Morgan fingerprint density at radius 3 is 2.52 bits per heavy atom. The van der Waals surface area contributed by atoms with Crippen molar-refractivity contribution in [2.24, 2.45) is 0 Å². The number of ether oxygens (including phenoxy) is 1. The first kappa shape index (κ1) is 20.4. The average Bonchev–Trinajstić information content (AvgIpc) is 3.14. The normalized spacial score (nSPS) is 12.4. The number of fused-ring (bicyclic) bond motifs is 1. The van der Waals surface area contributed by atoms with Crippen LogP contribution >= 0.6 is 0 Å². The maximum atomic E-state index is 12.4. The van der Waals surface area contributed by atoms with Crippen molar-refractivity contribution in [2.45, 2.75) is 32.2 Å². The number of carbonyl (C=O) groups excluding carboxylic acids is 2. The molecule has 150 valence electrons. The molecule has 0 radical (unpaired) electrons. The summed E-state index contributed by atoms with van der Waals surface area (Å²) in [6.07, 6.45) is 5.38. The monoisotopic (exact) mass is 390 g/mol. The Morgan fingerprint density at radius 1 is 1.10 bits per heavy atom. The van der Waals surface area contributed by atoms with Gasteiger partial charge in [-0.05, 0) is 34.8 Å². The van der Waals surface area contributed by atoms with Gasteiger partial charge in [-0.2, -0.15) is 0 Å². The molecule has 3 aromatic rings. The highest BCUT2D eigenvalue weighted by atomic mass is 16.5. The summed E-state index contributed by atoms with van der Waals surface area (Å²) in [5.74, 6) is -0.354. The van der Waals surface area contributed by atoms with Crippen molar-refractivity contribution in [3.8, 4) is 0 Å². The quantitative estimate of drug-likeness (QED) is 0.469. The van der Waals surface area contributed by atoms with Gasteiger partial charge < -0.3 is 15.0 Å². The third-order valence-corrected chi connectivity index (χ3v) is 4.93. The molecule has 0 unspecified atom stereocenters. The van der Waals surface area contributed by atoms with Crippen molar-refractivity contribution in [2.75, 3.05) is 7.11 Å². The van der Waals surface area contributed by atoms with Crippen LogP contribution in [0.5, 0.6) is 0 Å². The van der Waals surface area contributed by atoms with Gasteiger partial charge in [-0.25, -0.2) is 4.79 Å². The number of benzene rings is 2. The third kappa shape index (κ3) is 5.13. The molecule has 0 fully saturated rings. The first-order valence-corrected chi connectivity index (χ1v) is 9.69. The summed E-state index contributed by atoms with van der Waals surface area (Å²) in [6, 6.07) is 15.1. The SMILES string of the molecule is COC(=O)[C@H](Cc1c[nH]c2ccccc12)NC(=O)C=Cc1ccc(C(C)C)cc1. The number of rotatable bonds is 7. The van der Waals surface area contributed by atoms with Crippen molar-refractivity contribution in [3.63, 3.8) is 0 Å². The summed E-state index contributed by atoms with van der Waals surface area (Å²) in [5.41, 5.74) is 4.11. The summed E-state index contributed by atoms with van der Waals surface area (Å²) in [7, 11) is 1.32. The first-order valence-electron chi connectivity index (χ1n) is 9.69. The number of methoxy groups -OCH3 is 1. The van der Waals surface area contributed by atoms with Gasteiger partial charge in [0.1, 0.15) is 6.04 Å². The Hall–Kier alpha value is -3.34. The molecule has 2 N–H and O–H groups in total. The number of amides is 1. The lowest BCUT2D eigenvalue weighted by Gasteiger charge is -2.15. The van der Waals surface area contributed by atoms with E-state index in [4.69, 9.17) is 4.74 Å². The number of aromatic amines is 1. The number of hydrogen-bond donors (Lipinski definition) is 2. The summed E-state index contributed by atoms with van der Waals surface area (Å²) >= 11 is 0. The zero-order valence-corrected chi connectivity index (χ0v) is 16.9. The van der Waals surface area contributed by atoms with Crippen molar-refractivity contribution >= 4 is 28.9 Å². The second-order valence-corrected chi connectivity index (χ2v) is 7.30. The lowest BCUT2D eigenvalue weighted by atomic mass is 10.0. The van der Waals surface area contributed by atoms with Crippen LogP contribution in [-0.2, 0) is 20.7 Å². The number of esters is 1. The number of para-hydroxylation sites is 1. The van der Waals surface area contributed by atoms with Gasteiger partial charge in [0.05, 0.1) is 7.11 Å². The van der Waals surface area contributed by atoms with Gasteiger partial charge in [-0.1, -0.05) is 56.3 Å². The fourth-order valence-corrected chi connectivity index (χ4v) is 3.24. The molecule has 1 heterocycles. The molecule has 1 amide bonds. The van der Waals surface area contributed by atoms with E-state index in [0.29, 0.717) is 12.3 Å². The maximum absolute atomic E-state index is 12.4. The molecule has 3 rings (SSSR count). The standard InChI is InChI=1S/C24H26N2O3/c1-16(2)18-11-8-17(9-12-18)10-13-23(27)26-22(24(28)29-3)14-19-15-25-21-7-5-4-6-20(19)21/h4-13,15-16,22,25H,14H2,1-3H3,(H,26,27)/t22-/m0/s1. The average molecular weight is 390 g/mol. The number of nitrogens with one attached hydrogen (secondary N) is 2. The van der Waals surface area contributed by atoms with Crippen LogP contribution in [0, 0.1) is 0 Å². The third-order valence-electron chi connectivity index (χ3n) is 4.93. The van der Waals surface area contributed by atoms with Gasteiger partial charge in [0.15, 0.2) is 0 Å². The molecule has 0 aliphatic carbocycles. The largest absolute Gasteiger partial charge is 0.467 e. The molecule has 0 spiro atoms. The van der Waals surface area contributed by atoms with Crippen LogP contribution in [0.3, 0.4) is 0 Å². The fraction of sp³-hybridized carbons (Fsp3) is 0.250. The van der Waals surface area contributed by atoms with Crippen LogP contribution in [0.1, 0.15) is 36.5 Å². The van der Waals surface area contributed by atoms with Crippen LogP contribution < -0.4 is 5.32 Å². The minimum atomic E-state index is -0.764. The summed E-state index contributed by atoms with van der Waals surface area (Å²) < 4.78 is 4.88. The van der Waals surface area contributed by atoms with Crippen molar-refractivity contribution < 1.29 is 14.3 Å². The molecule has 2 aromatic carbocycles. The van der Waals surface area contributed by atoms with E-state index in [-0.39, 0.29) is 5.91 Å². The minimum Gasteiger partial charge on any atom is -0.467 e. The predicted molar refractivity (Wildman–Crippen MR) is 116 cm³/mol. The Labute approximate surface area is 170 Å². The predicted octanol–water partition coefficient (Wildman–Crippen LogP) is 4.21. The highest BCUT2D eigenvalue weighted by molar-refractivity contribution is 5.95. The molecule has 1 atom stereocenters. The minimum absolute atomic E-state index is 0.340. The molecule has 0 saturated heterocycles. The first-order chi connectivity index (χ1) is 14.0. The van der Waals surface area contributed by atoms with Crippen LogP contribution in [0.4, 0.5) is 0 Å². The van der Waals surface area contributed by atoms with Gasteiger partial charge in [0, 0.05) is 29.6 Å². The van der Waals surface area contributed by atoms with Crippen LogP contribution in [0.15, 0.2) is 60.8 Å². The maximum Gasteiger partial charge on any atom is 0.328 e. The number of H-pyrrole nitrogens is 1. The van der Waals surface area contributed by atoms with E-state index in [9.17, 15) is 9.59 Å². The molecule has 0 aliphatic rings. The zero-order valence-electron chi connectivity index (χ0n) is 16.9. The summed E-state index contributed by atoms with van der Waals surface area (Å²) in [5, 5.41) is 3.78. The van der Waals surface area contributed by atoms with Crippen LogP contribution in [-0.4, -0.2) is 30.0 Å². The molecule has 29 heavy (non-hydrogen) atoms. The second-order valence-electron chi connectivity index (χ2n) is 7.30. The van der Waals surface area contributed by atoms with Crippen LogP contribution in [0.2, 0.25) is 0 Å². The van der Waals surface area contributed by atoms with E-state index in [0.717, 1.165) is 22.0 Å². The Bertz CT molecular complexity index is 1020. The van der Waals surface area contributed by atoms with Crippen molar-refractivity contribution in [1.29, 1.82) is 0 Å². The molecule has 5 nitrogen and oxygen atoms in total. The summed E-state index contributed by atoms with van der Waals surface area (Å²) in [6.45, 7) is 4.28. The molecule has 1 aromatic heterocycles.